The molecule has 19 heavy (non-hydrogen) atoms. The van der Waals surface area contributed by atoms with E-state index in [9.17, 15) is 8.78 Å². The molecule has 2 aromatic rings. The predicted molar refractivity (Wildman–Crippen MR) is 71.8 cm³/mol. The van der Waals surface area contributed by atoms with Gasteiger partial charge in [0, 0.05) is 12.1 Å². The van der Waals surface area contributed by atoms with Crippen molar-refractivity contribution < 1.29 is 13.5 Å². The summed E-state index contributed by atoms with van der Waals surface area (Å²) in [6.45, 7) is 1.78. The fourth-order valence-corrected chi connectivity index (χ4v) is 1.71. The van der Waals surface area contributed by atoms with Crippen LogP contribution in [-0.4, -0.2) is 7.11 Å². The molecule has 0 spiro atoms. The summed E-state index contributed by atoms with van der Waals surface area (Å²) >= 11 is 0. The highest BCUT2D eigenvalue weighted by Gasteiger charge is 2.10. The van der Waals surface area contributed by atoms with E-state index in [1.807, 2.05) is 0 Å². The molecule has 100 valence electrons. The average molecular weight is 264 g/mol. The number of ether oxygens (including phenoxy) is 1. The molecule has 0 radical (unpaired) electrons. The van der Waals surface area contributed by atoms with Crippen molar-refractivity contribution in [2.45, 2.75) is 6.92 Å². The molecular weight excluding hydrogens is 250 g/mol. The number of rotatable bonds is 3. The van der Waals surface area contributed by atoms with Crippen molar-refractivity contribution in [1.82, 2.24) is 0 Å². The summed E-state index contributed by atoms with van der Waals surface area (Å²) in [6, 6.07) is 7.18. The first kappa shape index (κ1) is 13.1. The van der Waals surface area contributed by atoms with Crippen LogP contribution in [0.2, 0.25) is 0 Å². The van der Waals surface area contributed by atoms with E-state index in [1.165, 1.54) is 19.2 Å². The lowest BCUT2D eigenvalue weighted by atomic mass is 10.2. The lowest BCUT2D eigenvalue weighted by molar-refractivity contribution is 0.416. The first-order valence-corrected chi connectivity index (χ1v) is 5.67. The third kappa shape index (κ3) is 2.76. The van der Waals surface area contributed by atoms with Crippen LogP contribution in [0.15, 0.2) is 30.3 Å². The first-order chi connectivity index (χ1) is 9.01. The Morgan fingerprint density at radius 2 is 1.74 bits per heavy atom. The topological polar surface area (TPSA) is 47.3 Å². The minimum absolute atomic E-state index is 0.105. The maximum Gasteiger partial charge on any atom is 0.148 e. The van der Waals surface area contributed by atoms with Crippen molar-refractivity contribution in [3.8, 4) is 5.75 Å². The van der Waals surface area contributed by atoms with Crippen LogP contribution in [0, 0.1) is 18.6 Å². The van der Waals surface area contributed by atoms with Crippen molar-refractivity contribution in [3.63, 3.8) is 0 Å². The van der Waals surface area contributed by atoms with Crippen LogP contribution >= 0.6 is 0 Å². The molecule has 2 aromatic carbocycles. The Kier molecular flexibility index (Phi) is 3.55. The molecule has 0 aliphatic heterocycles. The number of halogens is 2. The smallest absolute Gasteiger partial charge is 0.148 e. The van der Waals surface area contributed by atoms with Crippen LogP contribution in [0.4, 0.5) is 25.8 Å². The summed E-state index contributed by atoms with van der Waals surface area (Å²) in [4.78, 5) is 0. The Balaban J connectivity index is 2.37. The molecule has 0 aliphatic rings. The minimum Gasteiger partial charge on any atom is -0.495 e. The molecule has 0 fully saturated rings. The Hall–Kier alpha value is -2.30. The summed E-state index contributed by atoms with van der Waals surface area (Å²) in [7, 11) is 1.43. The zero-order valence-electron chi connectivity index (χ0n) is 10.6. The number of anilines is 3. The highest BCUT2D eigenvalue weighted by Crippen LogP contribution is 2.31. The van der Waals surface area contributed by atoms with E-state index >= 15 is 0 Å². The van der Waals surface area contributed by atoms with Gasteiger partial charge in [-0.05, 0) is 24.6 Å². The van der Waals surface area contributed by atoms with Crippen molar-refractivity contribution in [2.24, 2.45) is 0 Å². The summed E-state index contributed by atoms with van der Waals surface area (Å²) in [6.07, 6.45) is 0. The van der Waals surface area contributed by atoms with Gasteiger partial charge >= 0.3 is 0 Å². The molecule has 3 N–H and O–H groups in total. The largest absolute Gasteiger partial charge is 0.495 e. The van der Waals surface area contributed by atoms with Crippen molar-refractivity contribution in [3.05, 3.63) is 47.5 Å². The molecule has 0 aliphatic carbocycles. The van der Waals surface area contributed by atoms with Crippen LogP contribution in [-0.2, 0) is 0 Å². The number of nitrogens with two attached hydrogens (primary N) is 1. The molecule has 0 unspecified atom stereocenters. The molecule has 0 heterocycles. The summed E-state index contributed by atoms with van der Waals surface area (Å²) in [5.74, 6) is -0.690. The second kappa shape index (κ2) is 5.14. The average Bonchev–Trinajstić information content (AvgIpc) is 2.35. The number of methoxy groups -OCH3 is 1. The zero-order valence-corrected chi connectivity index (χ0v) is 10.6. The molecule has 3 nitrogen and oxygen atoms in total. The normalized spacial score (nSPS) is 10.3. The standard InChI is InChI=1S/C14H14F2N2O/c1-8-3-4-12(9(15)5-8)18-13-7-14(19-2)11(17)6-10(13)16/h3-7,18H,17H2,1-2H3. The first-order valence-electron chi connectivity index (χ1n) is 5.67. The Morgan fingerprint density at radius 1 is 1.05 bits per heavy atom. The van der Waals surface area contributed by atoms with Gasteiger partial charge in [-0.1, -0.05) is 6.07 Å². The van der Waals surface area contributed by atoms with Gasteiger partial charge < -0.3 is 15.8 Å². The number of nitrogens with one attached hydrogen (secondary N) is 1. The Bertz CT molecular complexity index is 615. The summed E-state index contributed by atoms with van der Waals surface area (Å²) in [5, 5.41) is 2.68. The summed E-state index contributed by atoms with van der Waals surface area (Å²) < 4.78 is 32.4. The number of benzene rings is 2. The van der Waals surface area contributed by atoms with Crippen LogP contribution in [0.25, 0.3) is 0 Å². The van der Waals surface area contributed by atoms with E-state index in [4.69, 9.17) is 10.5 Å². The lowest BCUT2D eigenvalue weighted by Crippen LogP contribution is -2.00. The highest BCUT2D eigenvalue weighted by atomic mass is 19.1. The molecule has 0 atom stereocenters. The van der Waals surface area contributed by atoms with Gasteiger partial charge in [0.2, 0.25) is 0 Å². The third-order valence-corrected chi connectivity index (χ3v) is 2.71. The van der Waals surface area contributed by atoms with E-state index in [2.05, 4.69) is 5.32 Å². The molecule has 0 amide bonds. The van der Waals surface area contributed by atoms with Gasteiger partial charge in [-0.25, -0.2) is 8.78 Å². The van der Waals surface area contributed by atoms with E-state index in [-0.39, 0.29) is 17.1 Å². The van der Waals surface area contributed by atoms with E-state index in [1.54, 1.807) is 19.1 Å². The second-order valence-electron chi connectivity index (χ2n) is 4.18. The predicted octanol–water partition coefficient (Wildman–Crippen LogP) is 3.61. The number of aryl methyl sites for hydroxylation is 1. The number of hydrogen-bond donors (Lipinski definition) is 2. The maximum atomic E-state index is 13.7. The van der Waals surface area contributed by atoms with Gasteiger partial charge in [-0.2, -0.15) is 0 Å². The molecule has 5 heteroatoms. The molecule has 0 saturated carbocycles. The van der Waals surface area contributed by atoms with Gasteiger partial charge in [0.05, 0.1) is 24.2 Å². The van der Waals surface area contributed by atoms with Gasteiger partial charge in [-0.3, -0.25) is 0 Å². The maximum absolute atomic E-state index is 13.7. The highest BCUT2D eigenvalue weighted by molar-refractivity contribution is 5.68. The molecule has 0 aromatic heterocycles. The van der Waals surface area contributed by atoms with Crippen LogP contribution < -0.4 is 15.8 Å². The van der Waals surface area contributed by atoms with Crippen molar-refractivity contribution >= 4 is 17.1 Å². The van der Waals surface area contributed by atoms with Crippen LogP contribution in [0.1, 0.15) is 5.56 Å². The van der Waals surface area contributed by atoms with Crippen LogP contribution in [0.3, 0.4) is 0 Å². The summed E-state index contributed by atoms with van der Waals surface area (Å²) in [5.41, 5.74) is 6.85. The number of nitrogen functional groups attached to an aromatic ring is 1. The van der Waals surface area contributed by atoms with Crippen molar-refractivity contribution in [2.75, 3.05) is 18.2 Å². The van der Waals surface area contributed by atoms with Gasteiger partial charge in [0.15, 0.2) is 0 Å². The molecule has 2 rings (SSSR count). The van der Waals surface area contributed by atoms with Gasteiger partial charge in [0.25, 0.3) is 0 Å². The fraction of sp³-hybridized carbons (Fsp3) is 0.143. The molecule has 0 bridgehead atoms. The Labute approximate surface area is 110 Å². The quantitative estimate of drug-likeness (QED) is 0.832. The second-order valence-corrected chi connectivity index (χ2v) is 4.18. The van der Waals surface area contributed by atoms with Gasteiger partial charge in [-0.15, -0.1) is 0 Å². The zero-order chi connectivity index (χ0) is 14.0. The molecule has 0 saturated heterocycles. The Morgan fingerprint density at radius 3 is 2.37 bits per heavy atom. The van der Waals surface area contributed by atoms with Crippen molar-refractivity contribution in [1.29, 1.82) is 0 Å². The van der Waals surface area contributed by atoms with Crippen LogP contribution in [0.5, 0.6) is 5.75 Å². The van der Waals surface area contributed by atoms with E-state index in [0.29, 0.717) is 5.75 Å². The molecular formula is C14H14F2N2O. The number of hydrogen-bond acceptors (Lipinski definition) is 3. The SMILES string of the molecule is COc1cc(Nc2ccc(C)cc2F)c(F)cc1N. The van der Waals surface area contributed by atoms with E-state index in [0.717, 1.165) is 11.6 Å². The fourth-order valence-electron chi connectivity index (χ4n) is 1.71. The minimum atomic E-state index is -0.571. The third-order valence-electron chi connectivity index (χ3n) is 2.71. The lowest BCUT2D eigenvalue weighted by Gasteiger charge is -2.12. The van der Waals surface area contributed by atoms with Gasteiger partial charge in [0.1, 0.15) is 17.4 Å². The van der Waals surface area contributed by atoms with E-state index < -0.39 is 11.6 Å². The monoisotopic (exact) mass is 264 g/mol.